The van der Waals surface area contributed by atoms with Crippen molar-refractivity contribution in [2.45, 2.75) is 45.6 Å². The summed E-state index contributed by atoms with van der Waals surface area (Å²) in [5.74, 6) is -0.702. The SMILES string of the molecule is CCOC(=O)[C@@H]1CCCN(S(=O)(=O)NC2CCN(C(C)=O)CC2)C1. The van der Waals surface area contributed by atoms with Crippen LogP contribution in [0, 0.1) is 5.92 Å². The lowest BCUT2D eigenvalue weighted by Gasteiger charge is -2.35. The van der Waals surface area contributed by atoms with Gasteiger partial charge in [0.05, 0.1) is 12.5 Å². The highest BCUT2D eigenvalue weighted by atomic mass is 32.2. The lowest BCUT2D eigenvalue weighted by atomic mass is 10.0. The number of hydrogen-bond acceptors (Lipinski definition) is 5. The Balaban J connectivity index is 1.90. The van der Waals surface area contributed by atoms with Crippen LogP contribution in [-0.4, -0.2) is 68.3 Å². The van der Waals surface area contributed by atoms with E-state index in [2.05, 4.69) is 4.72 Å². The quantitative estimate of drug-likeness (QED) is 0.701. The molecule has 2 heterocycles. The number of amides is 1. The number of hydrogen-bond donors (Lipinski definition) is 1. The number of carbonyl (C=O) groups excluding carboxylic acids is 2. The summed E-state index contributed by atoms with van der Waals surface area (Å²) in [4.78, 5) is 24.9. The lowest BCUT2D eigenvalue weighted by Crippen LogP contribution is -2.52. The molecule has 0 radical (unpaired) electrons. The Labute approximate surface area is 143 Å². The fourth-order valence-corrected chi connectivity index (χ4v) is 4.76. The molecule has 1 N–H and O–H groups in total. The van der Waals surface area contributed by atoms with E-state index in [1.54, 1.807) is 11.8 Å². The molecule has 0 aromatic heterocycles. The van der Waals surface area contributed by atoms with E-state index in [9.17, 15) is 18.0 Å². The molecule has 0 aromatic carbocycles. The molecule has 0 aliphatic carbocycles. The Morgan fingerprint density at radius 3 is 2.42 bits per heavy atom. The van der Waals surface area contributed by atoms with E-state index in [1.807, 2.05) is 0 Å². The molecule has 2 aliphatic heterocycles. The lowest BCUT2D eigenvalue weighted by molar-refractivity contribution is -0.149. The second-order valence-corrected chi connectivity index (χ2v) is 8.05. The standard InChI is InChI=1S/C15H27N3O5S/c1-3-23-15(20)13-5-4-8-18(11-13)24(21,22)16-14-6-9-17(10-7-14)12(2)19/h13-14,16H,3-11H2,1-2H3/t13-/m1/s1. The van der Waals surface area contributed by atoms with Crippen LogP contribution >= 0.6 is 0 Å². The van der Waals surface area contributed by atoms with Crippen LogP contribution in [0.15, 0.2) is 0 Å². The number of esters is 1. The van der Waals surface area contributed by atoms with Crippen LogP contribution in [0.4, 0.5) is 0 Å². The molecule has 0 bridgehead atoms. The zero-order valence-electron chi connectivity index (χ0n) is 14.4. The Morgan fingerprint density at radius 1 is 1.17 bits per heavy atom. The van der Waals surface area contributed by atoms with Crippen molar-refractivity contribution < 1.29 is 22.7 Å². The fraction of sp³-hybridized carbons (Fsp3) is 0.867. The number of carbonyl (C=O) groups is 2. The summed E-state index contributed by atoms with van der Waals surface area (Å²) in [6.07, 6.45) is 2.51. The molecule has 9 heteroatoms. The van der Waals surface area contributed by atoms with E-state index in [4.69, 9.17) is 4.74 Å². The smallest absolute Gasteiger partial charge is 0.310 e. The third kappa shape index (κ3) is 4.90. The van der Waals surface area contributed by atoms with Gasteiger partial charge in [-0.2, -0.15) is 17.4 Å². The van der Waals surface area contributed by atoms with Crippen molar-refractivity contribution in [3.63, 3.8) is 0 Å². The molecule has 2 rings (SSSR count). The van der Waals surface area contributed by atoms with Gasteiger partial charge in [-0.05, 0) is 32.6 Å². The van der Waals surface area contributed by atoms with Gasteiger partial charge in [0, 0.05) is 39.1 Å². The number of nitrogens with zero attached hydrogens (tertiary/aromatic N) is 2. The van der Waals surface area contributed by atoms with Crippen molar-refractivity contribution in [2.75, 3.05) is 32.8 Å². The van der Waals surface area contributed by atoms with Crippen LogP contribution in [0.25, 0.3) is 0 Å². The molecular weight excluding hydrogens is 334 g/mol. The monoisotopic (exact) mass is 361 g/mol. The van der Waals surface area contributed by atoms with Gasteiger partial charge >= 0.3 is 5.97 Å². The molecule has 2 fully saturated rings. The largest absolute Gasteiger partial charge is 0.466 e. The highest BCUT2D eigenvalue weighted by Gasteiger charge is 2.34. The molecule has 8 nitrogen and oxygen atoms in total. The van der Waals surface area contributed by atoms with Crippen molar-refractivity contribution in [1.82, 2.24) is 13.9 Å². The van der Waals surface area contributed by atoms with Crippen LogP contribution in [0.3, 0.4) is 0 Å². The van der Waals surface area contributed by atoms with E-state index >= 15 is 0 Å². The molecular formula is C15H27N3O5S. The number of rotatable bonds is 5. The first-order valence-electron chi connectivity index (χ1n) is 8.53. The molecule has 0 aromatic rings. The van der Waals surface area contributed by atoms with Crippen LogP contribution in [0.5, 0.6) is 0 Å². The van der Waals surface area contributed by atoms with Gasteiger partial charge in [0.2, 0.25) is 5.91 Å². The normalized spacial score (nSPS) is 23.9. The van der Waals surface area contributed by atoms with Crippen molar-refractivity contribution in [3.05, 3.63) is 0 Å². The number of ether oxygens (including phenoxy) is 1. The van der Waals surface area contributed by atoms with Gasteiger partial charge in [0.25, 0.3) is 10.2 Å². The second kappa shape index (κ2) is 8.26. The van der Waals surface area contributed by atoms with E-state index < -0.39 is 16.1 Å². The Hall–Kier alpha value is -1.19. The topological polar surface area (TPSA) is 96.0 Å². The van der Waals surface area contributed by atoms with Gasteiger partial charge in [0.15, 0.2) is 0 Å². The van der Waals surface area contributed by atoms with Gasteiger partial charge in [-0.25, -0.2) is 0 Å². The molecule has 138 valence electrons. The summed E-state index contributed by atoms with van der Waals surface area (Å²) < 4.78 is 34.2. The summed E-state index contributed by atoms with van der Waals surface area (Å²) in [6, 6.07) is -0.173. The van der Waals surface area contributed by atoms with Gasteiger partial charge in [0.1, 0.15) is 0 Å². The summed E-state index contributed by atoms with van der Waals surface area (Å²) >= 11 is 0. The van der Waals surface area contributed by atoms with Crippen LogP contribution in [0.2, 0.25) is 0 Å². The van der Waals surface area contributed by atoms with Crippen LogP contribution < -0.4 is 4.72 Å². The van der Waals surface area contributed by atoms with E-state index in [0.29, 0.717) is 51.9 Å². The van der Waals surface area contributed by atoms with Gasteiger partial charge < -0.3 is 9.64 Å². The van der Waals surface area contributed by atoms with E-state index in [1.165, 1.54) is 11.2 Å². The minimum absolute atomic E-state index is 0.0182. The van der Waals surface area contributed by atoms with Crippen molar-refractivity contribution in [1.29, 1.82) is 0 Å². The summed E-state index contributed by atoms with van der Waals surface area (Å²) in [7, 11) is -3.63. The molecule has 0 unspecified atom stereocenters. The predicted molar refractivity (Wildman–Crippen MR) is 88.3 cm³/mol. The molecule has 2 saturated heterocycles. The average molecular weight is 361 g/mol. The highest BCUT2D eigenvalue weighted by Crippen LogP contribution is 2.21. The first-order valence-corrected chi connectivity index (χ1v) is 9.97. The van der Waals surface area contributed by atoms with E-state index in [0.717, 1.165) is 0 Å². The maximum absolute atomic E-state index is 12.6. The maximum atomic E-state index is 12.6. The minimum atomic E-state index is -3.63. The van der Waals surface area contributed by atoms with Gasteiger partial charge in [-0.15, -0.1) is 0 Å². The summed E-state index contributed by atoms with van der Waals surface area (Å²) in [6.45, 7) is 5.27. The van der Waals surface area contributed by atoms with Crippen molar-refractivity contribution in [2.24, 2.45) is 5.92 Å². The predicted octanol–water partition coefficient (Wildman–Crippen LogP) is 0.107. The molecule has 0 saturated carbocycles. The third-order valence-electron chi connectivity index (χ3n) is 4.60. The van der Waals surface area contributed by atoms with Crippen LogP contribution in [0.1, 0.15) is 39.5 Å². The first-order chi connectivity index (χ1) is 11.3. The Bertz CT molecular complexity index is 557. The van der Waals surface area contributed by atoms with Crippen molar-refractivity contribution >= 4 is 22.1 Å². The van der Waals surface area contributed by atoms with Gasteiger partial charge in [-0.3, -0.25) is 9.59 Å². The highest BCUT2D eigenvalue weighted by molar-refractivity contribution is 7.87. The molecule has 2 aliphatic rings. The average Bonchev–Trinajstić information content (AvgIpc) is 2.55. The molecule has 1 atom stereocenters. The van der Waals surface area contributed by atoms with E-state index in [-0.39, 0.29) is 24.5 Å². The number of likely N-dealkylation sites (tertiary alicyclic amines) is 1. The molecule has 0 spiro atoms. The van der Waals surface area contributed by atoms with Gasteiger partial charge in [-0.1, -0.05) is 0 Å². The Morgan fingerprint density at radius 2 is 1.83 bits per heavy atom. The third-order valence-corrected chi connectivity index (χ3v) is 6.24. The molecule has 1 amide bonds. The summed E-state index contributed by atoms with van der Waals surface area (Å²) in [5.41, 5.74) is 0. The maximum Gasteiger partial charge on any atom is 0.310 e. The molecule has 24 heavy (non-hydrogen) atoms. The van der Waals surface area contributed by atoms with Crippen LogP contribution in [-0.2, 0) is 24.5 Å². The first kappa shape index (κ1) is 19.1. The fourth-order valence-electron chi connectivity index (χ4n) is 3.21. The zero-order valence-corrected chi connectivity index (χ0v) is 15.2. The number of piperidine rings is 2. The van der Waals surface area contributed by atoms with Crippen molar-refractivity contribution in [3.8, 4) is 0 Å². The Kier molecular flexibility index (Phi) is 6.59. The second-order valence-electron chi connectivity index (χ2n) is 6.35. The summed E-state index contributed by atoms with van der Waals surface area (Å²) in [5, 5.41) is 0. The zero-order chi connectivity index (χ0) is 17.7. The minimum Gasteiger partial charge on any atom is -0.466 e. The number of nitrogens with one attached hydrogen (secondary N) is 1.